The normalized spacial score (nSPS) is 19.3. The maximum absolute atomic E-state index is 12.4. The van der Waals surface area contributed by atoms with Crippen molar-refractivity contribution < 1.29 is 24.3 Å². The molecule has 2 rings (SSSR count). The summed E-state index contributed by atoms with van der Waals surface area (Å²) >= 11 is 0. The van der Waals surface area contributed by atoms with Crippen molar-refractivity contribution in [3.05, 3.63) is 35.9 Å². The Balaban J connectivity index is 1.79. The van der Waals surface area contributed by atoms with E-state index in [1.807, 2.05) is 30.3 Å². The zero-order valence-electron chi connectivity index (χ0n) is 18.1. The Labute approximate surface area is 183 Å². The Kier molecular flexibility index (Phi) is 10.00. The largest absolute Gasteiger partial charge is 0.480 e. The third kappa shape index (κ3) is 8.39. The van der Waals surface area contributed by atoms with Gasteiger partial charge < -0.3 is 21.1 Å². The molecule has 0 aromatic heterocycles. The van der Waals surface area contributed by atoms with Crippen LogP contribution < -0.4 is 16.0 Å². The number of piperazine rings is 1. The zero-order valence-corrected chi connectivity index (χ0v) is 18.1. The molecule has 0 spiro atoms. The van der Waals surface area contributed by atoms with E-state index in [1.54, 1.807) is 0 Å². The van der Waals surface area contributed by atoms with Crippen molar-refractivity contribution in [3.8, 4) is 0 Å². The summed E-state index contributed by atoms with van der Waals surface area (Å²) in [6, 6.07) is 6.62. The standard InChI is InChI=1S/C23H33N3O5/c1-2-3-4-5-6-10-13-17(23(30)31)24-20(27)15-19-22(29)25-18(21(28)26-19)14-16-11-8-7-9-12-16/h7-9,11-12,17-19H,2-6,10,13-15H2,1H3,(H,24,27)(H,25,29)(H,26,28)(H,30,31)/t17-,18-,19-/m0/s1. The van der Waals surface area contributed by atoms with Gasteiger partial charge in [0.15, 0.2) is 0 Å². The van der Waals surface area contributed by atoms with E-state index in [4.69, 9.17) is 0 Å². The van der Waals surface area contributed by atoms with Crippen molar-refractivity contribution in [2.45, 2.75) is 82.8 Å². The molecule has 4 N–H and O–H groups in total. The number of aliphatic carboxylic acids is 1. The Bertz CT molecular complexity index is 753. The van der Waals surface area contributed by atoms with Gasteiger partial charge in [-0.05, 0) is 12.0 Å². The Morgan fingerprint density at radius 1 is 0.968 bits per heavy atom. The van der Waals surface area contributed by atoms with Crippen LogP contribution in [0.15, 0.2) is 30.3 Å². The number of hydrogen-bond acceptors (Lipinski definition) is 4. The van der Waals surface area contributed by atoms with Crippen LogP contribution in [0.3, 0.4) is 0 Å². The molecule has 170 valence electrons. The fourth-order valence-corrected chi connectivity index (χ4v) is 3.64. The van der Waals surface area contributed by atoms with Gasteiger partial charge in [-0.3, -0.25) is 14.4 Å². The van der Waals surface area contributed by atoms with Crippen LogP contribution in [-0.2, 0) is 25.6 Å². The quantitative estimate of drug-likeness (QED) is 0.355. The summed E-state index contributed by atoms with van der Waals surface area (Å²) in [5, 5.41) is 17.1. The second-order valence-corrected chi connectivity index (χ2v) is 8.03. The van der Waals surface area contributed by atoms with Crippen LogP contribution >= 0.6 is 0 Å². The molecule has 1 aromatic rings. The summed E-state index contributed by atoms with van der Waals surface area (Å²) < 4.78 is 0. The highest BCUT2D eigenvalue weighted by molar-refractivity contribution is 5.99. The minimum atomic E-state index is -1.10. The number of unbranched alkanes of at least 4 members (excludes halogenated alkanes) is 5. The number of hydrogen-bond donors (Lipinski definition) is 4. The number of rotatable bonds is 13. The van der Waals surface area contributed by atoms with Gasteiger partial charge in [0.25, 0.3) is 0 Å². The highest BCUT2D eigenvalue weighted by Gasteiger charge is 2.35. The molecular formula is C23H33N3O5. The lowest BCUT2D eigenvalue weighted by molar-refractivity contribution is -0.143. The molecule has 1 aromatic carbocycles. The SMILES string of the molecule is CCCCCCCC[C@H](NC(=O)C[C@@H]1NC(=O)[C@H](Cc2ccccc2)NC1=O)C(=O)O. The van der Waals surface area contributed by atoms with Crippen LogP contribution in [0.5, 0.6) is 0 Å². The lowest BCUT2D eigenvalue weighted by Crippen LogP contribution is -2.63. The van der Waals surface area contributed by atoms with Crippen molar-refractivity contribution in [3.63, 3.8) is 0 Å². The Morgan fingerprint density at radius 3 is 2.26 bits per heavy atom. The summed E-state index contributed by atoms with van der Waals surface area (Å²) in [5.74, 6) is -2.47. The number of benzene rings is 1. The van der Waals surface area contributed by atoms with E-state index in [2.05, 4.69) is 22.9 Å². The first kappa shape index (κ1) is 24.4. The van der Waals surface area contributed by atoms with E-state index in [1.165, 1.54) is 6.42 Å². The summed E-state index contributed by atoms with van der Waals surface area (Å²) in [5.41, 5.74) is 0.915. The number of carbonyl (C=O) groups excluding carboxylic acids is 3. The number of nitrogens with one attached hydrogen (secondary N) is 3. The summed E-state index contributed by atoms with van der Waals surface area (Å²) in [6.45, 7) is 2.13. The van der Waals surface area contributed by atoms with Crippen molar-refractivity contribution in [2.24, 2.45) is 0 Å². The van der Waals surface area contributed by atoms with Crippen LogP contribution in [0.1, 0.15) is 63.9 Å². The first-order valence-corrected chi connectivity index (χ1v) is 11.1. The molecule has 0 unspecified atom stereocenters. The summed E-state index contributed by atoms with van der Waals surface area (Å²) in [4.78, 5) is 48.5. The molecule has 0 aliphatic carbocycles. The fraction of sp³-hybridized carbons (Fsp3) is 0.565. The van der Waals surface area contributed by atoms with Crippen molar-refractivity contribution >= 4 is 23.7 Å². The van der Waals surface area contributed by atoms with Crippen LogP contribution in [0.4, 0.5) is 0 Å². The van der Waals surface area contributed by atoms with E-state index < -0.39 is 35.9 Å². The molecule has 31 heavy (non-hydrogen) atoms. The minimum absolute atomic E-state index is 0.296. The van der Waals surface area contributed by atoms with Gasteiger partial charge in [0, 0.05) is 6.42 Å². The zero-order chi connectivity index (χ0) is 22.6. The highest BCUT2D eigenvalue weighted by atomic mass is 16.4. The van der Waals surface area contributed by atoms with Gasteiger partial charge in [-0.2, -0.15) is 0 Å². The molecule has 8 nitrogen and oxygen atoms in total. The number of carboxylic acids is 1. The van der Waals surface area contributed by atoms with Crippen molar-refractivity contribution in [2.75, 3.05) is 0 Å². The van der Waals surface area contributed by atoms with Gasteiger partial charge in [0.1, 0.15) is 18.1 Å². The smallest absolute Gasteiger partial charge is 0.326 e. The van der Waals surface area contributed by atoms with E-state index >= 15 is 0 Å². The molecule has 1 fully saturated rings. The molecule has 0 saturated carbocycles. The van der Waals surface area contributed by atoms with Gasteiger partial charge in [-0.15, -0.1) is 0 Å². The van der Waals surface area contributed by atoms with Crippen LogP contribution in [0.25, 0.3) is 0 Å². The van der Waals surface area contributed by atoms with E-state index in [0.717, 1.165) is 31.2 Å². The van der Waals surface area contributed by atoms with Crippen molar-refractivity contribution in [1.82, 2.24) is 16.0 Å². The first-order valence-electron chi connectivity index (χ1n) is 11.1. The maximum Gasteiger partial charge on any atom is 0.326 e. The fourth-order valence-electron chi connectivity index (χ4n) is 3.64. The molecule has 1 heterocycles. The Hall–Kier alpha value is -2.90. The van der Waals surface area contributed by atoms with Gasteiger partial charge in [0.2, 0.25) is 17.7 Å². The number of carboxylic acid groups (broad SMARTS) is 1. The lowest BCUT2D eigenvalue weighted by Gasteiger charge is -2.29. The molecule has 1 saturated heterocycles. The lowest BCUT2D eigenvalue weighted by atomic mass is 10.0. The van der Waals surface area contributed by atoms with E-state index in [0.29, 0.717) is 19.3 Å². The summed E-state index contributed by atoms with van der Waals surface area (Å²) in [6.07, 6.45) is 6.52. The van der Waals surface area contributed by atoms with Gasteiger partial charge >= 0.3 is 5.97 Å². The number of carbonyl (C=O) groups is 4. The molecule has 1 aliphatic heterocycles. The average molecular weight is 432 g/mol. The van der Waals surface area contributed by atoms with Crippen LogP contribution in [0, 0.1) is 0 Å². The molecule has 0 radical (unpaired) electrons. The van der Waals surface area contributed by atoms with E-state index in [-0.39, 0.29) is 12.3 Å². The van der Waals surface area contributed by atoms with Crippen molar-refractivity contribution in [1.29, 1.82) is 0 Å². The third-order valence-electron chi connectivity index (χ3n) is 5.42. The Morgan fingerprint density at radius 2 is 1.58 bits per heavy atom. The molecule has 3 amide bonds. The highest BCUT2D eigenvalue weighted by Crippen LogP contribution is 2.11. The molecule has 1 aliphatic rings. The first-order chi connectivity index (χ1) is 14.9. The predicted octanol–water partition coefficient (Wildman–Crippen LogP) is 1.92. The van der Waals surface area contributed by atoms with Crippen LogP contribution in [0.2, 0.25) is 0 Å². The molecule has 8 heteroatoms. The van der Waals surface area contributed by atoms with E-state index in [9.17, 15) is 24.3 Å². The second-order valence-electron chi connectivity index (χ2n) is 8.03. The number of amides is 3. The minimum Gasteiger partial charge on any atom is -0.480 e. The average Bonchev–Trinajstić information content (AvgIpc) is 2.74. The predicted molar refractivity (Wildman–Crippen MR) is 116 cm³/mol. The van der Waals surface area contributed by atoms with Gasteiger partial charge in [-0.25, -0.2) is 4.79 Å². The monoisotopic (exact) mass is 431 g/mol. The second kappa shape index (κ2) is 12.7. The van der Waals surface area contributed by atoms with Crippen LogP contribution in [-0.4, -0.2) is 46.9 Å². The molecule has 3 atom stereocenters. The maximum atomic E-state index is 12.4. The third-order valence-corrected chi connectivity index (χ3v) is 5.42. The van der Waals surface area contributed by atoms with Gasteiger partial charge in [0.05, 0.1) is 6.42 Å². The van der Waals surface area contributed by atoms with Gasteiger partial charge in [-0.1, -0.05) is 75.8 Å². The molecular weight excluding hydrogens is 398 g/mol. The molecule has 0 bridgehead atoms. The summed E-state index contributed by atoms with van der Waals surface area (Å²) in [7, 11) is 0. The topological polar surface area (TPSA) is 125 Å².